The Bertz CT molecular complexity index is 1390. The van der Waals surface area contributed by atoms with Crippen molar-refractivity contribution in [3.8, 4) is 17.2 Å². The maximum atomic E-state index is 12.6. The second-order valence-electron chi connectivity index (χ2n) is 8.57. The maximum Gasteiger partial charge on any atom is 0.344 e. The number of nitrogens with zero attached hydrogens (tertiary/aromatic N) is 1. The minimum atomic E-state index is -0.781. The third-order valence-corrected chi connectivity index (χ3v) is 6.27. The van der Waals surface area contributed by atoms with E-state index < -0.39 is 29.9 Å². The topological polar surface area (TPSA) is 163 Å². The Morgan fingerprint density at radius 3 is 2.40 bits per heavy atom. The average molecular weight is 647 g/mol. The normalized spacial score (nSPS) is 14.5. The molecule has 1 aliphatic rings. The molecular weight excluding hydrogens is 616 g/mol. The number of hydrazone groups is 1. The van der Waals surface area contributed by atoms with Gasteiger partial charge in [-0.15, -0.1) is 0 Å². The lowest BCUT2D eigenvalue weighted by Gasteiger charge is -2.28. The van der Waals surface area contributed by atoms with Crippen LogP contribution in [0.4, 0.5) is 4.79 Å². The van der Waals surface area contributed by atoms with E-state index in [-0.39, 0.29) is 43.5 Å². The van der Waals surface area contributed by atoms with Crippen LogP contribution in [0.5, 0.6) is 17.2 Å². The Balaban J connectivity index is 1.60. The van der Waals surface area contributed by atoms with Gasteiger partial charge in [-0.3, -0.25) is 4.79 Å². The Morgan fingerprint density at radius 2 is 1.71 bits per heavy atom. The van der Waals surface area contributed by atoms with Crippen LogP contribution >= 0.6 is 15.9 Å². The van der Waals surface area contributed by atoms with E-state index in [0.717, 1.165) is 0 Å². The molecule has 0 aliphatic carbocycles. The van der Waals surface area contributed by atoms with Crippen molar-refractivity contribution < 1.29 is 42.9 Å². The lowest BCUT2D eigenvalue weighted by molar-refractivity contribution is -0.145. The van der Waals surface area contributed by atoms with E-state index in [1.165, 1.54) is 13.3 Å². The summed E-state index contributed by atoms with van der Waals surface area (Å²) in [6, 6.07) is 8.62. The number of halogens is 1. The molecule has 0 saturated carbocycles. The highest BCUT2D eigenvalue weighted by atomic mass is 79.9. The molecule has 1 aliphatic heterocycles. The van der Waals surface area contributed by atoms with Crippen molar-refractivity contribution in [1.29, 1.82) is 0 Å². The summed E-state index contributed by atoms with van der Waals surface area (Å²) in [7, 11) is 1.43. The molecule has 0 fully saturated rings. The van der Waals surface area contributed by atoms with Gasteiger partial charge in [0.15, 0.2) is 24.7 Å². The molecule has 0 bridgehead atoms. The van der Waals surface area contributed by atoms with Crippen LogP contribution in [0.3, 0.4) is 0 Å². The second kappa shape index (κ2) is 15.4. The highest BCUT2D eigenvalue weighted by Crippen LogP contribution is 2.34. The largest absolute Gasteiger partial charge is 0.493 e. The fraction of sp³-hybridized carbons (Fsp3) is 0.321. The van der Waals surface area contributed by atoms with E-state index >= 15 is 0 Å². The fourth-order valence-corrected chi connectivity index (χ4v) is 4.33. The van der Waals surface area contributed by atoms with Gasteiger partial charge in [0.1, 0.15) is 5.75 Å². The predicted molar refractivity (Wildman–Crippen MR) is 154 cm³/mol. The quantitative estimate of drug-likeness (QED) is 0.169. The van der Waals surface area contributed by atoms with Gasteiger partial charge < -0.3 is 34.3 Å². The zero-order chi connectivity index (χ0) is 30.6. The van der Waals surface area contributed by atoms with E-state index in [1.54, 1.807) is 57.2 Å². The highest BCUT2D eigenvalue weighted by Gasteiger charge is 2.32. The minimum Gasteiger partial charge on any atom is -0.493 e. The second-order valence-corrected chi connectivity index (χ2v) is 9.42. The molecular formula is C28H31BrN4O9. The van der Waals surface area contributed by atoms with Gasteiger partial charge in [-0.2, -0.15) is 5.10 Å². The first-order valence-electron chi connectivity index (χ1n) is 12.8. The van der Waals surface area contributed by atoms with E-state index in [1.807, 2.05) is 0 Å². The van der Waals surface area contributed by atoms with Gasteiger partial charge in [-0.1, -0.05) is 6.07 Å². The van der Waals surface area contributed by atoms with Crippen molar-refractivity contribution in [2.75, 3.05) is 33.5 Å². The molecule has 0 spiro atoms. The van der Waals surface area contributed by atoms with Crippen molar-refractivity contribution in [3.05, 3.63) is 63.3 Å². The van der Waals surface area contributed by atoms with Crippen LogP contribution in [-0.4, -0.2) is 63.6 Å². The van der Waals surface area contributed by atoms with E-state index in [0.29, 0.717) is 27.0 Å². The number of methoxy groups -OCH3 is 1. The standard InChI is InChI=1S/C28H31BrN4O9/c1-5-39-24(35)15-42-20-9-7-17(11-19(20)29)13-30-33-23(34)14-41-21-10-8-18(12-22(21)38-4)26-25(27(36)40-6-2)16(3)31-28(37)32-26/h7-13,26H,5-6,14-15H2,1-4H3,(H,33,34)(H2,31,32,37)/b30-13-/t26-/m1/s1. The first kappa shape index (κ1) is 31.9. The van der Waals surface area contributed by atoms with Gasteiger partial charge in [-0.05, 0) is 78.2 Å². The molecule has 1 atom stereocenters. The number of carbonyl (C=O) groups excluding carboxylic acids is 4. The zero-order valence-electron chi connectivity index (χ0n) is 23.4. The summed E-state index contributed by atoms with van der Waals surface area (Å²) in [5.74, 6) is -0.564. The molecule has 3 amide bonds. The molecule has 0 radical (unpaired) electrons. The highest BCUT2D eigenvalue weighted by molar-refractivity contribution is 9.10. The van der Waals surface area contributed by atoms with Crippen molar-refractivity contribution >= 4 is 46.0 Å². The first-order valence-corrected chi connectivity index (χ1v) is 13.6. The number of hydrogen-bond donors (Lipinski definition) is 3. The maximum absolute atomic E-state index is 12.6. The minimum absolute atomic E-state index is 0.176. The molecule has 1 heterocycles. The summed E-state index contributed by atoms with van der Waals surface area (Å²) in [6.07, 6.45) is 1.43. The Kier molecular flexibility index (Phi) is 11.7. The Labute approximate surface area is 250 Å². The number of amides is 3. The summed E-state index contributed by atoms with van der Waals surface area (Å²) in [5.41, 5.74) is 4.22. The van der Waals surface area contributed by atoms with Crippen LogP contribution in [0.15, 0.2) is 57.2 Å². The van der Waals surface area contributed by atoms with Gasteiger partial charge in [0.25, 0.3) is 5.91 Å². The van der Waals surface area contributed by atoms with Gasteiger partial charge in [0, 0.05) is 5.70 Å². The van der Waals surface area contributed by atoms with Crippen molar-refractivity contribution in [2.45, 2.75) is 26.8 Å². The molecule has 0 aromatic heterocycles. The Hall–Kier alpha value is -4.59. The van der Waals surface area contributed by atoms with E-state index in [2.05, 4.69) is 37.1 Å². The number of nitrogens with one attached hydrogen (secondary N) is 3. The van der Waals surface area contributed by atoms with E-state index in [4.69, 9.17) is 23.7 Å². The summed E-state index contributed by atoms with van der Waals surface area (Å²) < 4.78 is 27.0. The van der Waals surface area contributed by atoms with Crippen LogP contribution in [0.2, 0.25) is 0 Å². The van der Waals surface area contributed by atoms with Crippen molar-refractivity contribution in [3.63, 3.8) is 0 Å². The number of hydrogen-bond acceptors (Lipinski definition) is 10. The molecule has 2 aromatic carbocycles. The number of esters is 2. The number of urea groups is 1. The molecule has 14 heteroatoms. The monoisotopic (exact) mass is 646 g/mol. The number of allylic oxidation sites excluding steroid dienone is 1. The van der Waals surface area contributed by atoms with Crippen LogP contribution < -0.4 is 30.3 Å². The number of benzene rings is 2. The van der Waals surface area contributed by atoms with Crippen LogP contribution in [0.25, 0.3) is 0 Å². The molecule has 0 unspecified atom stereocenters. The zero-order valence-corrected chi connectivity index (χ0v) is 25.0. The molecule has 42 heavy (non-hydrogen) atoms. The number of rotatable bonds is 13. The molecule has 3 N–H and O–H groups in total. The molecule has 224 valence electrons. The summed E-state index contributed by atoms with van der Waals surface area (Å²) >= 11 is 3.37. The summed E-state index contributed by atoms with van der Waals surface area (Å²) in [5, 5.41) is 9.23. The average Bonchev–Trinajstić information content (AvgIpc) is 2.95. The smallest absolute Gasteiger partial charge is 0.344 e. The number of ether oxygens (including phenoxy) is 5. The summed E-state index contributed by atoms with van der Waals surface area (Å²) in [4.78, 5) is 48.5. The van der Waals surface area contributed by atoms with Crippen LogP contribution in [0.1, 0.15) is 37.9 Å². The Morgan fingerprint density at radius 1 is 1.00 bits per heavy atom. The molecule has 3 rings (SSSR count). The van der Waals surface area contributed by atoms with Crippen LogP contribution in [0, 0.1) is 0 Å². The molecule has 2 aromatic rings. The lowest BCUT2D eigenvalue weighted by Crippen LogP contribution is -2.45. The van der Waals surface area contributed by atoms with Crippen LogP contribution in [-0.2, 0) is 23.9 Å². The number of carbonyl (C=O) groups is 4. The molecule has 0 saturated heterocycles. The van der Waals surface area contributed by atoms with E-state index in [9.17, 15) is 19.2 Å². The first-order chi connectivity index (χ1) is 20.2. The SMILES string of the molecule is CCOC(=O)COc1ccc(/C=N\NC(=O)COc2ccc([C@H]3NC(=O)NC(C)=C3C(=O)OCC)cc2OC)cc1Br. The third-order valence-electron chi connectivity index (χ3n) is 5.65. The fourth-order valence-electron chi connectivity index (χ4n) is 3.81. The van der Waals surface area contributed by atoms with Crippen molar-refractivity contribution in [1.82, 2.24) is 16.1 Å². The van der Waals surface area contributed by atoms with Gasteiger partial charge >= 0.3 is 18.0 Å². The van der Waals surface area contributed by atoms with Gasteiger partial charge in [0.05, 0.1) is 42.6 Å². The van der Waals surface area contributed by atoms with Gasteiger partial charge in [-0.25, -0.2) is 19.8 Å². The lowest BCUT2D eigenvalue weighted by atomic mass is 9.95. The third kappa shape index (κ3) is 8.70. The predicted octanol–water partition coefficient (Wildman–Crippen LogP) is 3.12. The summed E-state index contributed by atoms with van der Waals surface area (Å²) in [6.45, 7) is 4.88. The van der Waals surface area contributed by atoms with Crippen molar-refractivity contribution in [2.24, 2.45) is 5.10 Å². The van der Waals surface area contributed by atoms with Gasteiger partial charge in [0.2, 0.25) is 0 Å². The molecule has 13 nitrogen and oxygen atoms in total.